The van der Waals surface area contributed by atoms with Crippen molar-refractivity contribution in [3.8, 4) is 0 Å². The number of quaternary nitrogens is 1. The zero-order chi connectivity index (χ0) is 15.8. The molecule has 7 atom stereocenters. The second kappa shape index (κ2) is 6.13. The molecule has 2 aliphatic rings. The zero-order valence-corrected chi connectivity index (χ0v) is 11.7. The summed E-state index contributed by atoms with van der Waals surface area (Å²) in [4.78, 5) is 17.0. The summed E-state index contributed by atoms with van der Waals surface area (Å²) in [6.07, 6.45) is -7.19. The first kappa shape index (κ1) is 16.6. The molecule has 122 valence electrons. The highest BCUT2D eigenvalue weighted by molar-refractivity contribution is 5.56. The van der Waals surface area contributed by atoms with Gasteiger partial charge in [0.2, 0.25) is 6.29 Å². The highest BCUT2D eigenvalue weighted by atomic mass is 16.8. The SMILES string of the molecule is C[C@@H]1CCC[N+]1(OC1O[C@H](CO)[C@@H](O)[C@H](O)[C@H]1O)C(=O)O. The molecular weight excluding hydrogens is 286 g/mol. The molecule has 0 radical (unpaired) electrons. The van der Waals surface area contributed by atoms with E-state index in [-0.39, 0.29) is 12.6 Å². The third-order valence-electron chi connectivity index (χ3n) is 4.29. The van der Waals surface area contributed by atoms with Crippen LogP contribution in [0.2, 0.25) is 0 Å². The van der Waals surface area contributed by atoms with E-state index in [0.717, 1.165) is 0 Å². The van der Waals surface area contributed by atoms with Gasteiger partial charge in [0.25, 0.3) is 0 Å². The van der Waals surface area contributed by atoms with Gasteiger partial charge in [0.15, 0.2) is 0 Å². The summed E-state index contributed by atoms with van der Waals surface area (Å²) in [5.41, 5.74) is 0. The normalized spacial score (nSPS) is 47.5. The Morgan fingerprint density at radius 1 is 1.29 bits per heavy atom. The molecule has 0 spiro atoms. The third-order valence-corrected chi connectivity index (χ3v) is 4.29. The first-order valence-electron chi connectivity index (χ1n) is 6.93. The lowest BCUT2D eigenvalue weighted by molar-refractivity contribution is -1.07. The molecule has 0 aromatic heterocycles. The monoisotopic (exact) mass is 308 g/mol. The zero-order valence-electron chi connectivity index (χ0n) is 11.7. The van der Waals surface area contributed by atoms with Crippen LogP contribution in [0.1, 0.15) is 19.8 Å². The van der Waals surface area contributed by atoms with E-state index in [4.69, 9.17) is 14.7 Å². The average molecular weight is 308 g/mol. The van der Waals surface area contributed by atoms with E-state index in [0.29, 0.717) is 12.8 Å². The van der Waals surface area contributed by atoms with Gasteiger partial charge in [-0.15, -0.1) is 0 Å². The van der Waals surface area contributed by atoms with E-state index >= 15 is 0 Å². The van der Waals surface area contributed by atoms with Gasteiger partial charge in [0.1, 0.15) is 37.0 Å². The molecule has 5 N–H and O–H groups in total. The van der Waals surface area contributed by atoms with Crippen molar-refractivity contribution in [2.75, 3.05) is 13.2 Å². The number of likely N-dealkylation sites (tertiary alicyclic amines) is 1. The number of rotatable bonds is 3. The fourth-order valence-electron chi connectivity index (χ4n) is 2.88. The molecule has 2 heterocycles. The van der Waals surface area contributed by atoms with Crippen molar-refractivity contribution >= 4 is 6.09 Å². The van der Waals surface area contributed by atoms with E-state index in [1.165, 1.54) is 0 Å². The van der Waals surface area contributed by atoms with E-state index in [1.54, 1.807) is 6.92 Å². The quantitative estimate of drug-likeness (QED) is 0.393. The van der Waals surface area contributed by atoms with Gasteiger partial charge in [-0.2, -0.15) is 9.63 Å². The van der Waals surface area contributed by atoms with Crippen LogP contribution in [0.3, 0.4) is 0 Å². The van der Waals surface area contributed by atoms with Crippen LogP contribution in [0.5, 0.6) is 0 Å². The lowest BCUT2D eigenvalue weighted by atomic mass is 9.99. The Morgan fingerprint density at radius 2 is 1.95 bits per heavy atom. The molecular formula is C12H22NO8+. The number of hydroxylamine groups is 3. The van der Waals surface area contributed by atoms with Gasteiger partial charge >= 0.3 is 6.09 Å². The van der Waals surface area contributed by atoms with Crippen LogP contribution in [0.4, 0.5) is 4.79 Å². The van der Waals surface area contributed by atoms with Crippen LogP contribution >= 0.6 is 0 Å². The molecule has 2 fully saturated rings. The van der Waals surface area contributed by atoms with Gasteiger partial charge in [0.05, 0.1) is 6.61 Å². The van der Waals surface area contributed by atoms with E-state index in [2.05, 4.69) is 0 Å². The van der Waals surface area contributed by atoms with Crippen LogP contribution in [0.15, 0.2) is 0 Å². The summed E-state index contributed by atoms with van der Waals surface area (Å²) in [7, 11) is 0. The van der Waals surface area contributed by atoms with Gasteiger partial charge < -0.3 is 30.3 Å². The molecule has 9 nitrogen and oxygen atoms in total. The largest absolute Gasteiger partial charge is 0.547 e. The molecule has 0 aromatic rings. The molecule has 2 unspecified atom stereocenters. The summed E-state index contributed by atoms with van der Waals surface area (Å²) in [6.45, 7) is 1.34. The number of ether oxygens (including phenoxy) is 1. The number of carboxylic acid groups (broad SMARTS) is 1. The van der Waals surface area contributed by atoms with Gasteiger partial charge in [-0.1, -0.05) is 4.65 Å². The van der Waals surface area contributed by atoms with Crippen LogP contribution in [0, 0.1) is 0 Å². The summed E-state index contributed by atoms with van der Waals surface area (Å²) in [5, 5.41) is 47.9. The molecule has 2 aliphatic heterocycles. The first-order valence-corrected chi connectivity index (χ1v) is 6.93. The molecule has 0 saturated carbocycles. The standard InChI is InChI=1S/C12H21NO8/c1-6-3-2-4-13(6,12(18)19)21-11-10(17)9(16)8(15)7(5-14)20-11/h6-11,14-17H,2-5H2,1H3/p+1/t6-,7-,8-,9+,10-,11?,13?/m1/s1. The number of nitrogens with zero attached hydrogens (tertiary/aromatic N) is 1. The van der Waals surface area contributed by atoms with Gasteiger partial charge in [-0.3, -0.25) is 0 Å². The number of hydrogen-bond donors (Lipinski definition) is 5. The Balaban J connectivity index is 2.18. The Morgan fingerprint density at radius 3 is 2.43 bits per heavy atom. The number of hydrogen-bond acceptors (Lipinski definition) is 7. The topological polar surface area (TPSA) is 137 Å². The maximum absolute atomic E-state index is 11.6. The Bertz CT molecular complexity index is 391. The van der Waals surface area contributed by atoms with Crippen LogP contribution < -0.4 is 0 Å². The predicted molar refractivity (Wildman–Crippen MR) is 66.7 cm³/mol. The van der Waals surface area contributed by atoms with Crippen molar-refractivity contribution in [3.63, 3.8) is 0 Å². The van der Waals surface area contributed by atoms with Crippen molar-refractivity contribution in [1.82, 2.24) is 0 Å². The summed E-state index contributed by atoms with van der Waals surface area (Å²) in [6, 6.07) is -0.338. The van der Waals surface area contributed by atoms with Gasteiger partial charge in [0, 0.05) is 12.8 Å². The second-order valence-corrected chi connectivity index (χ2v) is 5.60. The summed E-state index contributed by atoms with van der Waals surface area (Å²) >= 11 is 0. The van der Waals surface area contributed by atoms with Crippen molar-refractivity contribution in [3.05, 3.63) is 0 Å². The van der Waals surface area contributed by atoms with Crippen LogP contribution in [0.25, 0.3) is 0 Å². The number of aliphatic hydroxyl groups excluding tert-OH is 4. The van der Waals surface area contributed by atoms with Crippen molar-refractivity contribution in [1.29, 1.82) is 0 Å². The fourth-order valence-corrected chi connectivity index (χ4v) is 2.88. The van der Waals surface area contributed by atoms with Crippen molar-refractivity contribution in [2.24, 2.45) is 0 Å². The average Bonchev–Trinajstić information content (AvgIpc) is 2.82. The second-order valence-electron chi connectivity index (χ2n) is 5.60. The highest BCUT2D eigenvalue weighted by Gasteiger charge is 2.55. The Labute approximate surface area is 121 Å². The molecule has 0 aromatic carbocycles. The smallest absolute Gasteiger partial charge is 0.433 e. The van der Waals surface area contributed by atoms with Crippen LogP contribution in [-0.4, -0.2) is 86.2 Å². The lowest BCUT2D eigenvalue weighted by Crippen LogP contribution is -2.64. The minimum Gasteiger partial charge on any atom is -0.433 e. The highest BCUT2D eigenvalue weighted by Crippen LogP contribution is 2.32. The summed E-state index contributed by atoms with van der Waals surface area (Å²) in [5.74, 6) is 0. The maximum Gasteiger partial charge on any atom is 0.547 e. The van der Waals surface area contributed by atoms with E-state index in [9.17, 15) is 25.2 Å². The molecule has 0 bridgehead atoms. The molecule has 21 heavy (non-hydrogen) atoms. The fraction of sp³-hybridized carbons (Fsp3) is 0.917. The summed E-state index contributed by atoms with van der Waals surface area (Å²) < 4.78 is 4.47. The van der Waals surface area contributed by atoms with E-state index < -0.39 is 48.1 Å². The number of aliphatic hydroxyl groups is 4. The minimum absolute atomic E-state index is 0.214. The lowest BCUT2D eigenvalue weighted by Gasteiger charge is -2.41. The van der Waals surface area contributed by atoms with Gasteiger partial charge in [-0.05, 0) is 6.92 Å². The minimum atomic E-state index is -1.61. The molecule has 2 rings (SSSR count). The predicted octanol–water partition coefficient (Wildman–Crippen LogP) is -1.60. The first-order chi connectivity index (χ1) is 9.83. The Kier molecular flexibility index (Phi) is 4.83. The molecule has 1 amide bonds. The third kappa shape index (κ3) is 2.78. The van der Waals surface area contributed by atoms with Gasteiger partial charge in [-0.25, -0.2) is 0 Å². The molecule has 9 heteroatoms. The molecule has 2 saturated heterocycles. The van der Waals surface area contributed by atoms with Crippen molar-refractivity contribution in [2.45, 2.75) is 56.5 Å². The van der Waals surface area contributed by atoms with E-state index in [1.807, 2.05) is 0 Å². The maximum atomic E-state index is 11.6. The number of carbonyl (C=O) groups is 1. The van der Waals surface area contributed by atoms with Crippen LogP contribution in [-0.2, 0) is 9.57 Å². The number of amides is 1. The van der Waals surface area contributed by atoms with Crippen molar-refractivity contribution < 1.29 is 44.5 Å². The molecule has 0 aliphatic carbocycles. The Hall–Kier alpha value is -0.810.